The number of hydrogen-bond acceptors (Lipinski definition) is 5. The van der Waals surface area contributed by atoms with Crippen LogP contribution in [0.15, 0.2) is 12.2 Å². The fraction of sp³-hybridized carbons (Fsp3) is 0.800. The van der Waals surface area contributed by atoms with Gasteiger partial charge in [0.1, 0.15) is 0 Å². The third-order valence-electron chi connectivity index (χ3n) is 4.84. The van der Waals surface area contributed by atoms with Crippen molar-refractivity contribution in [1.82, 2.24) is 10.0 Å². The monoisotopic (exact) mass is 421 g/mol. The van der Waals surface area contributed by atoms with E-state index in [9.17, 15) is 18.0 Å². The highest BCUT2D eigenvalue weighted by molar-refractivity contribution is 7.91. The van der Waals surface area contributed by atoms with Crippen molar-refractivity contribution in [3.05, 3.63) is 12.2 Å². The van der Waals surface area contributed by atoms with Crippen molar-refractivity contribution in [3.8, 4) is 0 Å². The first-order valence-electron chi connectivity index (χ1n) is 10.4. The molecular formula is C20H43N3O4S. The Hall–Kier alpha value is -1.41. The van der Waals surface area contributed by atoms with Crippen LogP contribution in [-0.4, -0.2) is 37.6 Å². The Balaban J connectivity index is -0.000000486. The Morgan fingerprint density at radius 1 is 1.25 bits per heavy atom. The highest BCUT2D eigenvalue weighted by Crippen LogP contribution is 2.44. The quantitative estimate of drug-likeness (QED) is 0.495. The summed E-state index contributed by atoms with van der Waals surface area (Å²) >= 11 is 0. The van der Waals surface area contributed by atoms with Crippen LogP contribution in [0.5, 0.6) is 0 Å². The molecule has 2 aliphatic rings. The first-order chi connectivity index (χ1) is 13.1. The van der Waals surface area contributed by atoms with Crippen LogP contribution in [0.2, 0.25) is 0 Å². The average molecular weight is 422 g/mol. The van der Waals surface area contributed by atoms with Crippen LogP contribution in [0.25, 0.3) is 0 Å². The maximum absolute atomic E-state index is 11.8. The third-order valence-corrected chi connectivity index (χ3v) is 7.01. The lowest BCUT2D eigenvalue weighted by atomic mass is 10.2. The van der Waals surface area contributed by atoms with Crippen molar-refractivity contribution in [2.24, 2.45) is 17.6 Å². The standard InChI is InChI=1S/C12H19NO3S.C6H14N2O.C2H6.2H2/c1-3-4-5-9-8-10(9)11(14)13-17(15,16)12(2)6-7-12;1-3-5(6(7)9)8-4-2;1-2;;/h4-5,9-10H,3,6-8H2,1-2H3,(H,13,14);5,8H,3-4H2,1-2H3,(H2,7,9);1-2H3;2*1H/b5-4-;;;;. The Labute approximate surface area is 173 Å². The van der Waals surface area contributed by atoms with Crippen molar-refractivity contribution in [1.29, 1.82) is 0 Å². The topological polar surface area (TPSA) is 118 Å². The summed E-state index contributed by atoms with van der Waals surface area (Å²) in [4.78, 5) is 22.2. The minimum Gasteiger partial charge on any atom is -0.368 e. The molecule has 2 fully saturated rings. The number of nitrogens with two attached hydrogens (primary N) is 1. The van der Waals surface area contributed by atoms with Crippen LogP contribution in [0.1, 0.15) is 76.5 Å². The first-order valence-corrected chi connectivity index (χ1v) is 11.9. The van der Waals surface area contributed by atoms with Gasteiger partial charge in [0.2, 0.25) is 21.8 Å². The Morgan fingerprint density at radius 3 is 2.18 bits per heavy atom. The van der Waals surface area contributed by atoms with E-state index >= 15 is 0 Å². The molecule has 2 rings (SSSR count). The number of allylic oxidation sites excluding steroid dienone is 2. The predicted molar refractivity (Wildman–Crippen MR) is 118 cm³/mol. The summed E-state index contributed by atoms with van der Waals surface area (Å²) in [5, 5.41) is 2.96. The van der Waals surface area contributed by atoms with Gasteiger partial charge in [-0.3, -0.25) is 14.3 Å². The third kappa shape index (κ3) is 8.31. The fourth-order valence-corrected chi connectivity index (χ4v) is 3.81. The van der Waals surface area contributed by atoms with Crippen LogP contribution in [0.4, 0.5) is 0 Å². The van der Waals surface area contributed by atoms with Crippen molar-refractivity contribution in [2.45, 2.75) is 84.4 Å². The Morgan fingerprint density at radius 2 is 1.82 bits per heavy atom. The van der Waals surface area contributed by atoms with Crippen molar-refractivity contribution >= 4 is 21.8 Å². The SMILES string of the molecule is CC.CC/C=C\C1CC1C(=O)NS(=O)(=O)C1(C)CC1.CCNC(CC)C(N)=O.[HH].[HH]. The maximum Gasteiger partial charge on any atom is 0.240 e. The van der Waals surface area contributed by atoms with Gasteiger partial charge in [-0.25, -0.2) is 8.42 Å². The summed E-state index contributed by atoms with van der Waals surface area (Å²) in [6, 6.07) is -0.144. The molecule has 0 radical (unpaired) electrons. The van der Waals surface area contributed by atoms with Gasteiger partial charge in [-0.2, -0.15) is 0 Å². The molecule has 0 aromatic rings. The number of carbonyl (C=O) groups excluding carboxylic acids is 2. The molecule has 7 nitrogen and oxygen atoms in total. The Kier molecular flexibility index (Phi) is 11.6. The van der Waals surface area contributed by atoms with Crippen LogP contribution in [0, 0.1) is 11.8 Å². The van der Waals surface area contributed by atoms with Crippen molar-refractivity contribution < 1.29 is 20.9 Å². The molecule has 2 amide bonds. The molecule has 8 heteroatoms. The molecule has 28 heavy (non-hydrogen) atoms. The summed E-state index contributed by atoms with van der Waals surface area (Å²) in [5.41, 5.74) is 5.03. The van der Waals surface area contributed by atoms with Gasteiger partial charge in [0.15, 0.2) is 0 Å². The zero-order chi connectivity index (χ0) is 22.0. The lowest BCUT2D eigenvalue weighted by molar-refractivity contribution is -0.121. The van der Waals surface area contributed by atoms with Gasteiger partial charge in [-0.15, -0.1) is 0 Å². The molecule has 0 bridgehead atoms. The second-order valence-corrected chi connectivity index (χ2v) is 9.38. The van der Waals surface area contributed by atoms with Crippen molar-refractivity contribution in [3.63, 3.8) is 0 Å². The van der Waals surface area contributed by atoms with E-state index in [1.807, 2.05) is 46.8 Å². The smallest absolute Gasteiger partial charge is 0.240 e. The molecule has 0 aromatic carbocycles. The van der Waals surface area contributed by atoms with Gasteiger partial charge in [0.05, 0.1) is 10.8 Å². The zero-order valence-corrected chi connectivity index (χ0v) is 19.1. The second kappa shape index (κ2) is 12.2. The predicted octanol–water partition coefficient (Wildman–Crippen LogP) is 2.97. The molecule has 0 aromatic heterocycles. The minimum atomic E-state index is -3.46. The maximum atomic E-state index is 11.8. The molecule has 0 aliphatic heterocycles. The molecule has 0 spiro atoms. The molecule has 0 saturated heterocycles. The number of rotatable bonds is 9. The molecule has 2 aliphatic carbocycles. The fourth-order valence-electron chi connectivity index (χ4n) is 2.51. The van der Waals surface area contributed by atoms with Crippen LogP contribution in [-0.2, 0) is 19.6 Å². The van der Waals surface area contributed by atoms with Gasteiger partial charge in [-0.1, -0.05) is 46.8 Å². The van der Waals surface area contributed by atoms with E-state index in [0.29, 0.717) is 12.8 Å². The molecule has 168 valence electrons. The van der Waals surface area contributed by atoms with Gasteiger partial charge >= 0.3 is 0 Å². The van der Waals surface area contributed by atoms with Crippen LogP contribution >= 0.6 is 0 Å². The van der Waals surface area contributed by atoms with E-state index in [1.54, 1.807) is 6.92 Å². The number of likely N-dealkylation sites (N-methyl/N-ethyl adjacent to an activating group) is 1. The highest BCUT2D eigenvalue weighted by atomic mass is 32.2. The normalized spacial score (nSPS) is 22.8. The lowest BCUT2D eigenvalue weighted by Gasteiger charge is -2.11. The largest absolute Gasteiger partial charge is 0.368 e. The zero-order valence-electron chi connectivity index (χ0n) is 18.2. The van der Waals surface area contributed by atoms with Crippen molar-refractivity contribution in [2.75, 3.05) is 6.54 Å². The summed E-state index contributed by atoms with van der Waals surface area (Å²) in [6.45, 7) is 12.4. The molecular weight excluding hydrogens is 378 g/mol. The second-order valence-electron chi connectivity index (χ2n) is 7.18. The number of sulfonamides is 1. The van der Waals surface area contributed by atoms with E-state index in [1.165, 1.54) is 0 Å². The van der Waals surface area contributed by atoms with Crippen LogP contribution < -0.4 is 15.8 Å². The number of hydrogen-bond donors (Lipinski definition) is 3. The minimum absolute atomic E-state index is 0. The molecule has 4 N–H and O–H groups in total. The Bertz CT molecular complexity index is 638. The molecule has 0 heterocycles. The molecule has 3 unspecified atom stereocenters. The summed E-state index contributed by atoms with van der Waals surface area (Å²) < 4.78 is 25.2. The summed E-state index contributed by atoms with van der Waals surface area (Å²) in [5.74, 6) is -0.504. The van der Waals surface area contributed by atoms with Gasteiger partial charge in [-0.05, 0) is 51.5 Å². The van der Waals surface area contributed by atoms with Gasteiger partial charge in [0, 0.05) is 8.77 Å². The van der Waals surface area contributed by atoms with E-state index in [4.69, 9.17) is 5.73 Å². The highest BCUT2D eigenvalue weighted by Gasteiger charge is 2.52. The van der Waals surface area contributed by atoms with Gasteiger partial charge in [0.25, 0.3) is 0 Å². The lowest BCUT2D eigenvalue weighted by Crippen LogP contribution is -2.40. The van der Waals surface area contributed by atoms with E-state index in [-0.39, 0.29) is 32.5 Å². The average Bonchev–Trinajstić information content (AvgIpc) is 3.56. The van der Waals surface area contributed by atoms with E-state index in [0.717, 1.165) is 25.8 Å². The number of amides is 2. The molecule has 2 saturated carbocycles. The summed E-state index contributed by atoms with van der Waals surface area (Å²) in [7, 11) is -3.46. The molecule has 3 atom stereocenters. The van der Waals surface area contributed by atoms with E-state index in [2.05, 4.69) is 10.0 Å². The van der Waals surface area contributed by atoms with Crippen LogP contribution in [0.3, 0.4) is 0 Å². The first kappa shape index (κ1) is 26.6. The van der Waals surface area contributed by atoms with E-state index < -0.39 is 14.8 Å². The number of nitrogens with one attached hydrogen (secondary N) is 2. The number of carbonyl (C=O) groups is 2. The number of primary amides is 1. The summed E-state index contributed by atoms with van der Waals surface area (Å²) in [6.07, 6.45) is 7.82. The van der Waals surface area contributed by atoms with Gasteiger partial charge < -0.3 is 11.1 Å².